The summed E-state index contributed by atoms with van der Waals surface area (Å²) in [6.07, 6.45) is 0. The van der Waals surface area contributed by atoms with Crippen LogP contribution in [-0.2, 0) is 6.54 Å². The zero-order chi connectivity index (χ0) is 15.4. The molecule has 0 aromatic carbocycles. The minimum absolute atomic E-state index is 0.441. The standard InChI is InChI=1S/C15H20BrN3OS/c1-10(2)8-20-15-12(17)4-5-14(18-15)19(3)7-11-6-13(16)21-9-11/h4-6,9-10H,7-8,17H2,1-3H3. The first-order valence-corrected chi connectivity index (χ1v) is 8.46. The van der Waals surface area contributed by atoms with Crippen molar-refractivity contribution >= 4 is 38.8 Å². The lowest BCUT2D eigenvalue weighted by Gasteiger charge is -2.19. The van der Waals surface area contributed by atoms with Crippen molar-refractivity contribution in [2.24, 2.45) is 5.92 Å². The third kappa shape index (κ3) is 4.61. The largest absolute Gasteiger partial charge is 0.476 e. The number of nitrogens with zero attached hydrogens (tertiary/aromatic N) is 2. The van der Waals surface area contributed by atoms with Crippen molar-refractivity contribution in [1.82, 2.24) is 4.98 Å². The molecule has 0 saturated heterocycles. The number of aromatic nitrogens is 1. The molecule has 4 nitrogen and oxygen atoms in total. The molecule has 0 unspecified atom stereocenters. The van der Waals surface area contributed by atoms with Gasteiger partial charge < -0.3 is 15.4 Å². The van der Waals surface area contributed by atoms with Crippen LogP contribution in [-0.4, -0.2) is 18.6 Å². The summed E-state index contributed by atoms with van der Waals surface area (Å²) in [5.74, 6) is 1.81. The Morgan fingerprint density at radius 1 is 1.43 bits per heavy atom. The number of nitrogens with two attached hydrogens (primary N) is 1. The lowest BCUT2D eigenvalue weighted by Crippen LogP contribution is -2.18. The molecule has 2 heterocycles. The molecule has 0 radical (unpaired) electrons. The van der Waals surface area contributed by atoms with Gasteiger partial charge in [-0.3, -0.25) is 0 Å². The molecule has 0 saturated carbocycles. The molecule has 0 aliphatic carbocycles. The Labute approximate surface area is 138 Å². The average molecular weight is 370 g/mol. The third-order valence-electron chi connectivity index (χ3n) is 2.86. The number of rotatable bonds is 6. The fourth-order valence-corrected chi connectivity index (χ4v) is 3.00. The van der Waals surface area contributed by atoms with Crippen LogP contribution in [0.1, 0.15) is 19.4 Å². The van der Waals surface area contributed by atoms with Crippen molar-refractivity contribution < 1.29 is 4.74 Å². The minimum atomic E-state index is 0.441. The number of anilines is 2. The van der Waals surface area contributed by atoms with E-state index in [1.165, 1.54) is 5.56 Å². The molecule has 0 fully saturated rings. The van der Waals surface area contributed by atoms with Gasteiger partial charge in [-0.2, -0.15) is 4.98 Å². The van der Waals surface area contributed by atoms with E-state index in [2.05, 4.69) is 51.1 Å². The summed E-state index contributed by atoms with van der Waals surface area (Å²) in [6, 6.07) is 5.88. The van der Waals surface area contributed by atoms with Gasteiger partial charge in [0.25, 0.3) is 0 Å². The lowest BCUT2D eigenvalue weighted by atomic mass is 10.2. The van der Waals surface area contributed by atoms with Gasteiger partial charge in [0.2, 0.25) is 5.88 Å². The fraction of sp³-hybridized carbons (Fsp3) is 0.400. The summed E-state index contributed by atoms with van der Waals surface area (Å²) >= 11 is 5.16. The second-order valence-corrected chi connectivity index (χ2v) is 7.67. The van der Waals surface area contributed by atoms with E-state index in [4.69, 9.17) is 10.5 Å². The van der Waals surface area contributed by atoms with Crippen molar-refractivity contribution in [2.75, 3.05) is 24.3 Å². The highest BCUT2D eigenvalue weighted by molar-refractivity contribution is 9.11. The highest BCUT2D eigenvalue weighted by Crippen LogP contribution is 2.26. The summed E-state index contributed by atoms with van der Waals surface area (Å²) in [4.78, 5) is 6.60. The summed E-state index contributed by atoms with van der Waals surface area (Å²) in [7, 11) is 2.01. The smallest absolute Gasteiger partial charge is 0.239 e. The molecule has 0 spiro atoms. The van der Waals surface area contributed by atoms with Crippen molar-refractivity contribution in [3.05, 3.63) is 32.9 Å². The number of thiophene rings is 1. The predicted molar refractivity (Wildman–Crippen MR) is 93.1 cm³/mol. The average Bonchev–Trinajstić information content (AvgIpc) is 2.83. The number of ether oxygens (including phenoxy) is 1. The molecular formula is C15H20BrN3OS. The second-order valence-electron chi connectivity index (χ2n) is 5.38. The lowest BCUT2D eigenvalue weighted by molar-refractivity contribution is 0.263. The maximum atomic E-state index is 5.92. The van der Waals surface area contributed by atoms with E-state index < -0.39 is 0 Å². The zero-order valence-corrected chi connectivity index (χ0v) is 14.9. The molecule has 21 heavy (non-hydrogen) atoms. The summed E-state index contributed by atoms with van der Waals surface area (Å²) < 4.78 is 6.81. The normalized spacial score (nSPS) is 10.9. The van der Waals surface area contributed by atoms with Gasteiger partial charge in [0.1, 0.15) is 5.82 Å². The number of halogens is 1. The zero-order valence-electron chi connectivity index (χ0n) is 12.5. The number of hydrogen-bond acceptors (Lipinski definition) is 5. The number of pyridine rings is 1. The van der Waals surface area contributed by atoms with Crippen LogP contribution < -0.4 is 15.4 Å². The van der Waals surface area contributed by atoms with Gasteiger partial charge in [-0.05, 0) is 51.0 Å². The van der Waals surface area contributed by atoms with E-state index >= 15 is 0 Å². The molecule has 6 heteroatoms. The van der Waals surface area contributed by atoms with Crippen molar-refractivity contribution in [3.63, 3.8) is 0 Å². The Morgan fingerprint density at radius 3 is 2.81 bits per heavy atom. The Hall–Kier alpha value is -1.27. The SMILES string of the molecule is CC(C)COc1nc(N(C)Cc2csc(Br)c2)ccc1N. The molecular weight excluding hydrogens is 350 g/mol. The Balaban J connectivity index is 2.09. The molecule has 0 aliphatic heterocycles. The number of nitrogen functional groups attached to an aromatic ring is 1. The molecule has 114 valence electrons. The van der Waals surface area contributed by atoms with Gasteiger partial charge in [-0.1, -0.05) is 13.8 Å². The first-order chi connectivity index (χ1) is 9.95. The van der Waals surface area contributed by atoms with Crippen LogP contribution in [0.4, 0.5) is 11.5 Å². The highest BCUT2D eigenvalue weighted by atomic mass is 79.9. The highest BCUT2D eigenvalue weighted by Gasteiger charge is 2.10. The quantitative estimate of drug-likeness (QED) is 0.830. The molecule has 0 bridgehead atoms. The molecule has 2 N–H and O–H groups in total. The molecule has 0 amide bonds. The van der Waals surface area contributed by atoms with Crippen LogP contribution >= 0.6 is 27.3 Å². The van der Waals surface area contributed by atoms with E-state index in [0.717, 1.165) is 16.1 Å². The van der Waals surface area contributed by atoms with Crippen LogP contribution in [0.3, 0.4) is 0 Å². The molecule has 2 aromatic heterocycles. The van der Waals surface area contributed by atoms with Gasteiger partial charge in [-0.15, -0.1) is 11.3 Å². The molecule has 0 atom stereocenters. The second kappa shape index (κ2) is 7.13. The predicted octanol–water partition coefficient (Wildman–Crippen LogP) is 4.16. The van der Waals surface area contributed by atoms with Crippen LogP contribution in [0.25, 0.3) is 0 Å². The van der Waals surface area contributed by atoms with Crippen LogP contribution in [0.2, 0.25) is 0 Å². The van der Waals surface area contributed by atoms with E-state index in [1.807, 2.05) is 19.2 Å². The van der Waals surface area contributed by atoms with E-state index in [9.17, 15) is 0 Å². The van der Waals surface area contributed by atoms with Crippen LogP contribution in [0.5, 0.6) is 5.88 Å². The van der Waals surface area contributed by atoms with Crippen LogP contribution in [0.15, 0.2) is 27.4 Å². The summed E-state index contributed by atoms with van der Waals surface area (Å²) in [6.45, 7) is 5.60. The maximum absolute atomic E-state index is 5.92. The van der Waals surface area contributed by atoms with Crippen LogP contribution in [0, 0.1) is 5.92 Å². The first-order valence-electron chi connectivity index (χ1n) is 6.79. The Kier molecular flexibility index (Phi) is 5.47. The summed E-state index contributed by atoms with van der Waals surface area (Å²) in [5, 5.41) is 2.13. The van der Waals surface area contributed by atoms with Gasteiger partial charge in [0, 0.05) is 13.6 Å². The van der Waals surface area contributed by atoms with Gasteiger partial charge in [0.05, 0.1) is 16.1 Å². The van der Waals surface area contributed by atoms with Gasteiger partial charge in [0.15, 0.2) is 0 Å². The van der Waals surface area contributed by atoms with Gasteiger partial charge >= 0.3 is 0 Å². The third-order valence-corrected chi connectivity index (χ3v) is 4.41. The van der Waals surface area contributed by atoms with Gasteiger partial charge in [-0.25, -0.2) is 0 Å². The van der Waals surface area contributed by atoms with E-state index in [0.29, 0.717) is 24.1 Å². The van der Waals surface area contributed by atoms with E-state index in [-0.39, 0.29) is 0 Å². The van der Waals surface area contributed by atoms with Crippen molar-refractivity contribution in [1.29, 1.82) is 0 Å². The fourth-order valence-electron chi connectivity index (χ4n) is 1.80. The molecule has 2 aromatic rings. The number of hydrogen-bond donors (Lipinski definition) is 1. The van der Waals surface area contributed by atoms with Crippen molar-refractivity contribution in [3.8, 4) is 5.88 Å². The molecule has 0 aliphatic rings. The minimum Gasteiger partial charge on any atom is -0.476 e. The Bertz CT molecular complexity index is 600. The monoisotopic (exact) mass is 369 g/mol. The van der Waals surface area contributed by atoms with E-state index in [1.54, 1.807) is 11.3 Å². The van der Waals surface area contributed by atoms with Crippen molar-refractivity contribution in [2.45, 2.75) is 20.4 Å². The Morgan fingerprint density at radius 2 is 2.19 bits per heavy atom. The molecule has 2 rings (SSSR count). The maximum Gasteiger partial charge on any atom is 0.239 e. The summed E-state index contributed by atoms with van der Waals surface area (Å²) in [5.41, 5.74) is 7.74. The first kappa shape index (κ1) is 16.1. The topological polar surface area (TPSA) is 51.4 Å².